The van der Waals surface area contributed by atoms with E-state index in [4.69, 9.17) is 33.2 Å². The molecule has 0 saturated carbocycles. The number of ether oxygens (including phenoxy) is 2. The van der Waals surface area contributed by atoms with Crippen molar-refractivity contribution in [1.29, 1.82) is 0 Å². The minimum absolute atomic E-state index is 0.0640. The molecule has 220 valence electrons. The third-order valence-corrected chi connectivity index (χ3v) is 7.65. The van der Waals surface area contributed by atoms with E-state index >= 15 is 0 Å². The molecule has 1 aromatic carbocycles. The van der Waals surface area contributed by atoms with Gasteiger partial charge in [-0.1, -0.05) is 12.1 Å². The highest BCUT2D eigenvalue weighted by atomic mass is 35.5. The molecule has 3 atom stereocenters. The first kappa shape index (κ1) is 29.2. The Labute approximate surface area is 245 Å². The first-order valence-electron chi connectivity index (χ1n) is 13.0. The van der Waals surface area contributed by atoms with Gasteiger partial charge in [-0.3, -0.25) is 14.3 Å². The van der Waals surface area contributed by atoms with Crippen LogP contribution in [0, 0.1) is 18.3 Å². The number of rotatable bonds is 9. The molecule has 2 aliphatic heterocycles. The number of hydrogen-bond acceptors (Lipinski definition) is 10. The monoisotopic (exact) mass is 597 g/mol. The normalized spacial score (nSPS) is 21.5. The molecule has 0 unspecified atom stereocenters. The number of hydrogen-bond donors (Lipinski definition) is 3. The molecular formula is C27H28ClN7O7. The number of aliphatic carboxylic acids is 2. The van der Waals surface area contributed by atoms with Crippen LogP contribution in [-0.4, -0.2) is 97.5 Å². The Balaban J connectivity index is 1.32. The maximum absolute atomic E-state index is 12.4. The number of nitrogens with zero attached hydrogens (tertiary/aromatic N) is 6. The zero-order valence-corrected chi connectivity index (χ0v) is 23.3. The highest BCUT2D eigenvalue weighted by Gasteiger charge is 2.50. The zero-order chi connectivity index (χ0) is 30.2. The number of carbonyl (C=O) groups excluding carboxylic acids is 1. The van der Waals surface area contributed by atoms with Crippen LogP contribution < -0.4 is 10.6 Å². The summed E-state index contributed by atoms with van der Waals surface area (Å²) in [5.41, 5.74) is 4.93. The van der Waals surface area contributed by atoms with E-state index < -0.39 is 48.8 Å². The lowest BCUT2D eigenvalue weighted by atomic mass is 9.93. The average Bonchev–Trinajstić information content (AvgIpc) is 3.55. The fraction of sp³-hybridized carbons (Fsp3) is 0.407. The van der Waals surface area contributed by atoms with Gasteiger partial charge in [0.2, 0.25) is 11.2 Å². The number of halogens is 1. The van der Waals surface area contributed by atoms with Crippen LogP contribution in [0.25, 0.3) is 11.2 Å². The molecule has 4 N–H and O–H groups in total. The van der Waals surface area contributed by atoms with Gasteiger partial charge in [-0.25, -0.2) is 14.6 Å². The van der Waals surface area contributed by atoms with Crippen LogP contribution in [-0.2, 0) is 30.3 Å². The molecule has 2 aromatic heterocycles. The van der Waals surface area contributed by atoms with Gasteiger partial charge in [-0.2, -0.15) is 9.97 Å². The predicted molar refractivity (Wildman–Crippen MR) is 150 cm³/mol. The lowest BCUT2D eigenvalue weighted by molar-refractivity contribution is -0.188. The van der Waals surface area contributed by atoms with Crippen LogP contribution in [0.3, 0.4) is 0 Å². The Kier molecular flexibility index (Phi) is 8.02. The number of likely N-dealkylation sites (N-methyl/N-ethyl adjacent to an activating group) is 1. The van der Waals surface area contributed by atoms with E-state index in [1.54, 1.807) is 33.7 Å². The molecule has 0 radical (unpaired) electrons. The summed E-state index contributed by atoms with van der Waals surface area (Å²) in [5.74, 6) is -1.26. The van der Waals surface area contributed by atoms with E-state index in [0.29, 0.717) is 35.5 Å². The molecule has 2 fully saturated rings. The summed E-state index contributed by atoms with van der Waals surface area (Å²) in [5, 5.41) is 20.0. The lowest BCUT2D eigenvalue weighted by Gasteiger charge is -2.32. The Bertz CT molecular complexity index is 1560. The summed E-state index contributed by atoms with van der Waals surface area (Å²) in [7, 11) is 1.86. The summed E-state index contributed by atoms with van der Waals surface area (Å²) in [6.07, 6.45) is 5.48. The third kappa shape index (κ3) is 5.47. The van der Waals surface area contributed by atoms with Crippen LogP contribution in [0.5, 0.6) is 0 Å². The SMILES string of the molecule is C#C[C@@H]1C[C@H](n2cnc3c(N)nc(Cl)nc32)O[C@@H]1COC(Cc1ccc(N2CCN(C)CC2=O)cc1)(C(=O)O)C(=O)O. The molecule has 5 rings (SSSR count). The number of carboxylic acid groups (broad SMARTS) is 2. The van der Waals surface area contributed by atoms with Crippen molar-refractivity contribution < 1.29 is 34.1 Å². The second kappa shape index (κ2) is 11.5. The van der Waals surface area contributed by atoms with Gasteiger partial charge in [-0.15, -0.1) is 12.3 Å². The number of nitrogens with two attached hydrogens (primary N) is 1. The van der Waals surface area contributed by atoms with Gasteiger partial charge < -0.3 is 30.3 Å². The van der Waals surface area contributed by atoms with E-state index in [2.05, 4.69) is 20.9 Å². The van der Waals surface area contributed by atoms with Crippen LogP contribution in [0.4, 0.5) is 11.5 Å². The van der Waals surface area contributed by atoms with Gasteiger partial charge in [0.25, 0.3) is 5.60 Å². The van der Waals surface area contributed by atoms with Crippen molar-refractivity contribution in [3.05, 3.63) is 41.4 Å². The number of anilines is 2. The van der Waals surface area contributed by atoms with Crippen molar-refractivity contribution in [3.8, 4) is 12.3 Å². The Hall–Kier alpha value is -4.29. The van der Waals surface area contributed by atoms with Crippen molar-refractivity contribution in [3.63, 3.8) is 0 Å². The number of nitrogen functional groups attached to an aromatic ring is 1. The van der Waals surface area contributed by atoms with Gasteiger partial charge in [-0.05, 0) is 36.3 Å². The molecule has 0 aliphatic carbocycles. The van der Waals surface area contributed by atoms with Gasteiger partial charge in [0.05, 0.1) is 31.5 Å². The highest BCUT2D eigenvalue weighted by Crippen LogP contribution is 2.36. The number of terminal acetylenes is 1. The van der Waals surface area contributed by atoms with Crippen LogP contribution in [0.2, 0.25) is 5.28 Å². The number of benzene rings is 1. The fourth-order valence-corrected chi connectivity index (χ4v) is 5.31. The predicted octanol–water partition coefficient (Wildman–Crippen LogP) is 1.04. The average molecular weight is 598 g/mol. The number of imidazole rings is 1. The number of fused-ring (bicyclic) bond motifs is 1. The number of carboxylic acids is 2. The van der Waals surface area contributed by atoms with E-state index in [9.17, 15) is 24.6 Å². The lowest BCUT2D eigenvalue weighted by Crippen LogP contribution is -2.52. The molecule has 0 spiro atoms. The Morgan fingerprint density at radius 3 is 2.60 bits per heavy atom. The minimum Gasteiger partial charge on any atom is -0.479 e. The molecule has 15 heteroatoms. The molecular weight excluding hydrogens is 570 g/mol. The van der Waals surface area contributed by atoms with Gasteiger partial charge >= 0.3 is 11.9 Å². The summed E-state index contributed by atoms with van der Waals surface area (Å²) in [6, 6.07) is 6.48. The molecule has 3 aromatic rings. The van der Waals surface area contributed by atoms with Gasteiger partial charge in [0.1, 0.15) is 11.7 Å². The van der Waals surface area contributed by atoms with E-state index in [1.165, 1.54) is 6.33 Å². The minimum atomic E-state index is -2.62. The van der Waals surface area contributed by atoms with Crippen molar-refractivity contribution in [2.45, 2.75) is 30.8 Å². The number of amides is 1. The highest BCUT2D eigenvalue weighted by molar-refractivity contribution is 6.28. The van der Waals surface area contributed by atoms with Crippen LogP contribution in [0.1, 0.15) is 18.2 Å². The smallest absolute Gasteiger partial charge is 0.348 e. The van der Waals surface area contributed by atoms with Crippen molar-refractivity contribution in [2.24, 2.45) is 5.92 Å². The first-order valence-corrected chi connectivity index (χ1v) is 13.4. The Morgan fingerprint density at radius 1 is 1.24 bits per heavy atom. The second-order valence-corrected chi connectivity index (χ2v) is 10.6. The molecule has 14 nitrogen and oxygen atoms in total. The van der Waals surface area contributed by atoms with Gasteiger partial charge in [0.15, 0.2) is 11.5 Å². The molecule has 2 aliphatic rings. The largest absolute Gasteiger partial charge is 0.479 e. The van der Waals surface area contributed by atoms with Gasteiger partial charge in [0, 0.05) is 31.6 Å². The second-order valence-electron chi connectivity index (χ2n) is 10.2. The van der Waals surface area contributed by atoms with Crippen molar-refractivity contribution in [2.75, 3.05) is 43.9 Å². The van der Waals surface area contributed by atoms with E-state index in [0.717, 1.165) is 0 Å². The van der Waals surface area contributed by atoms with Crippen LogP contribution >= 0.6 is 11.6 Å². The van der Waals surface area contributed by atoms with E-state index in [1.807, 2.05) is 11.9 Å². The van der Waals surface area contributed by atoms with E-state index in [-0.39, 0.29) is 30.0 Å². The van der Waals surface area contributed by atoms with Crippen molar-refractivity contribution >= 4 is 52.1 Å². The first-order chi connectivity index (χ1) is 20.0. The zero-order valence-electron chi connectivity index (χ0n) is 22.5. The molecule has 42 heavy (non-hydrogen) atoms. The maximum Gasteiger partial charge on any atom is 0.348 e. The maximum atomic E-state index is 12.4. The summed E-state index contributed by atoms with van der Waals surface area (Å²) in [6.45, 7) is 1.08. The molecule has 1 amide bonds. The molecule has 2 saturated heterocycles. The number of carbonyl (C=O) groups is 3. The Morgan fingerprint density at radius 2 is 1.95 bits per heavy atom. The quantitative estimate of drug-likeness (QED) is 0.181. The summed E-state index contributed by atoms with van der Waals surface area (Å²) in [4.78, 5) is 53.0. The fourth-order valence-electron chi connectivity index (χ4n) is 5.14. The third-order valence-electron chi connectivity index (χ3n) is 7.48. The summed E-state index contributed by atoms with van der Waals surface area (Å²) >= 11 is 5.96. The van der Waals surface area contributed by atoms with Crippen LogP contribution in [0.15, 0.2) is 30.6 Å². The number of aromatic nitrogens is 4. The topological polar surface area (TPSA) is 186 Å². The number of piperazine rings is 1. The summed E-state index contributed by atoms with van der Waals surface area (Å²) < 4.78 is 13.3. The molecule has 0 bridgehead atoms. The molecule has 4 heterocycles. The standard InChI is InChI=1S/C27H28ClN7O7/c1-3-16-10-20(35-14-30-21-22(29)31-26(28)32-23(21)35)42-18(16)13-41-27(24(37)38,25(39)40)11-15-4-6-17(7-5-15)34-9-8-33(2)12-19(34)36/h1,4-7,14,16,18,20H,8-13H2,2H3,(H,37,38)(H,39,40)(H2,29,31,32)/t16-,18-,20-/m1/s1. The van der Waals surface area contributed by atoms with Crippen molar-refractivity contribution in [1.82, 2.24) is 24.4 Å².